The molecule has 1 unspecified atom stereocenters. The first-order valence-electron chi connectivity index (χ1n) is 12.3. The van der Waals surface area contributed by atoms with Crippen LogP contribution in [0.15, 0.2) is 0 Å². The molecule has 0 heterocycles. The van der Waals surface area contributed by atoms with Crippen LogP contribution >= 0.6 is 15.9 Å². The lowest BCUT2D eigenvalue weighted by Gasteiger charge is -2.15. The molecule has 1 atom stereocenters. The van der Waals surface area contributed by atoms with Crippen molar-refractivity contribution in [2.75, 3.05) is 31.6 Å². The number of carbonyl (C=O) groups is 2. The third-order valence-electron chi connectivity index (χ3n) is 4.94. The van der Waals surface area contributed by atoms with Gasteiger partial charge in [-0.3, -0.25) is 4.79 Å². The molecular weight excluding hydrogens is 476 g/mol. The van der Waals surface area contributed by atoms with Crippen molar-refractivity contribution >= 4 is 36.8 Å². The van der Waals surface area contributed by atoms with Gasteiger partial charge < -0.3 is 20.1 Å². The fraction of sp³-hybridized carbons (Fsp3) is 0.913. The van der Waals surface area contributed by atoms with Crippen molar-refractivity contribution in [3.63, 3.8) is 0 Å². The molecule has 0 radical (unpaired) electrons. The van der Waals surface area contributed by atoms with Gasteiger partial charge in [0.05, 0.1) is 12.7 Å². The van der Waals surface area contributed by atoms with Crippen molar-refractivity contribution in [2.45, 2.75) is 103 Å². The summed E-state index contributed by atoms with van der Waals surface area (Å²) >= 11 is 3.42. The normalized spacial score (nSPS) is 12.0. The topological polar surface area (TPSA) is 76.7 Å². The number of amides is 1. The van der Waals surface area contributed by atoms with Crippen LogP contribution in [-0.2, 0) is 14.3 Å². The van der Waals surface area contributed by atoms with Gasteiger partial charge in [0.25, 0.3) is 0 Å². The van der Waals surface area contributed by atoms with E-state index in [4.69, 9.17) is 9.47 Å². The Balaban J connectivity index is 3.29. The van der Waals surface area contributed by atoms with E-state index in [-0.39, 0.29) is 18.2 Å². The Labute approximate surface area is 200 Å². The maximum atomic E-state index is 11.7. The summed E-state index contributed by atoms with van der Waals surface area (Å²) in [5.41, 5.74) is 0. The highest BCUT2D eigenvalue weighted by molar-refractivity contribution is 9.09. The highest BCUT2D eigenvalue weighted by Gasteiger charge is 2.10. The molecule has 8 heteroatoms. The van der Waals surface area contributed by atoms with Crippen LogP contribution in [0.1, 0.15) is 77.6 Å². The molecule has 0 aromatic heterocycles. The number of esters is 1. The number of unbranched alkanes of at least 4 members (excludes halogenated alkanes) is 7. The van der Waals surface area contributed by atoms with Gasteiger partial charge >= 0.3 is 12.1 Å². The minimum atomic E-state index is -0.697. The van der Waals surface area contributed by atoms with Gasteiger partial charge in [0.15, 0.2) is 0 Å². The lowest BCUT2D eigenvalue weighted by Crippen LogP contribution is -2.31. The standard InChI is InChI=1S/C23H47BrN2O4Si/c1-21(20-31(2)3)30-23(28)26-18-13-17-25-16-11-7-4-5-9-14-22(27)29-19-12-8-6-10-15-24/h21,25,31H,4-20H2,1-3H3,(H,26,28). The smallest absolute Gasteiger partial charge is 0.407 e. The van der Waals surface area contributed by atoms with Crippen LogP contribution in [0.4, 0.5) is 4.79 Å². The highest BCUT2D eigenvalue weighted by atomic mass is 79.9. The van der Waals surface area contributed by atoms with E-state index in [2.05, 4.69) is 39.7 Å². The molecule has 0 saturated heterocycles. The molecule has 0 aromatic rings. The van der Waals surface area contributed by atoms with Crippen molar-refractivity contribution < 1.29 is 19.1 Å². The summed E-state index contributed by atoms with van der Waals surface area (Å²) in [6.45, 7) is 9.60. The quantitative estimate of drug-likeness (QED) is 0.0911. The van der Waals surface area contributed by atoms with Crippen LogP contribution in [-0.4, -0.2) is 58.5 Å². The van der Waals surface area contributed by atoms with Crippen LogP contribution in [0.2, 0.25) is 19.1 Å². The van der Waals surface area contributed by atoms with Gasteiger partial charge in [-0.25, -0.2) is 4.79 Å². The Morgan fingerprint density at radius 2 is 1.52 bits per heavy atom. The van der Waals surface area contributed by atoms with Crippen LogP contribution in [0, 0.1) is 0 Å². The molecule has 0 aliphatic rings. The SMILES string of the molecule is CC(C[SiH](C)C)OC(=O)NCCCNCCCCCCCC(=O)OCCCCCCBr. The number of rotatable bonds is 21. The number of hydrogen-bond acceptors (Lipinski definition) is 5. The summed E-state index contributed by atoms with van der Waals surface area (Å²) < 4.78 is 10.6. The Morgan fingerprint density at radius 1 is 0.871 bits per heavy atom. The molecule has 0 rings (SSSR count). The third kappa shape index (κ3) is 23.9. The van der Waals surface area contributed by atoms with E-state index in [0.29, 0.717) is 19.6 Å². The number of ether oxygens (including phenoxy) is 2. The van der Waals surface area contributed by atoms with Crippen molar-refractivity contribution in [3.05, 3.63) is 0 Å². The number of halogens is 1. The molecule has 31 heavy (non-hydrogen) atoms. The lowest BCUT2D eigenvalue weighted by molar-refractivity contribution is -0.143. The highest BCUT2D eigenvalue weighted by Crippen LogP contribution is 2.07. The molecule has 0 spiro atoms. The van der Waals surface area contributed by atoms with Gasteiger partial charge in [0.2, 0.25) is 0 Å². The predicted octanol–water partition coefficient (Wildman–Crippen LogP) is 5.41. The maximum absolute atomic E-state index is 11.7. The molecule has 0 bridgehead atoms. The van der Waals surface area contributed by atoms with Gasteiger partial charge in [-0.15, -0.1) is 0 Å². The Kier molecular flexibility index (Phi) is 22.1. The molecule has 6 nitrogen and oxygen atoms in total. The lowest BCUT2D eigenvalue weighted by atomic mass is 10.1. The number of carbonyl (C=O) groups excluding carboxylic acids is 2. The second-order valence-corrected chi connectivity index (χ2v) is 12.8. The van der Waals surface area contributed by atoms with Gasteiger partial charge in [0, 0.05) is 27.1 Å². The Hall–Kier alpha value is -0.603. The molecule has 0 aromatic carbocycles. The first-order chi connectivity index (χ1) is 15.0. The first kappa shape index (κ1) is 30.4. The molecule has 0 aliphatic carbocycles. The van der Waals surface area contributed by atoms with Crippen molar-refractivity contribution in [2.24, 2.45) is 0 Å². The second kappa shape index (κ2) is 22.6. The van der Waals surface area contributed by atoms with Crippen LogP contribution in [0.3, 0.4) is 0 Å². The van der Waals surface area contributed by atoms with Crippen molar-refractivity contribution in [3.8, 4) is 0 Å². The fourth-order valence-electron chi connectivity index (χ4n) is 3.32. The summed E-state index contributed by atoms with van der Waals surface area (Å²) in [6.07, 6.45) is 11.2. The van der Waals surface area contributed by atoms with E-state index in [0.717, 1.165) is 69.4 Å². The molecular formula is C23H47BrN2O4Si. The van der Waals surface area contributed by atoms with E-state index < -0.39 is 8.80 Å². The summed E-state index contributed by atoms with van der Waals surface area (Å²) in [4.78, 5) is 23.3. The van der Waals surface area contributed by atoms with E-state index in [1.54, 1.807) is 0 Å². The molecule has 0 aliphatic heterocycles. The number of alkyl halides is 1. The fourth-order valence-corrected chi connectivity index (χ4v) is 5.14. The average Bonchev–Trinajstić information content (AvgIpc) is 2.70. The predicted molar refractivity (Wildman–Crippen MR) is 136 cm³/mol. The summed E-state index contributed by atoms with van der Waals surface area (Å²) in [5, 5.41) is 7.29. The first-order valence-corrected chi connectivity index (χ1v) is 16.6. The summed E-state index contributed by atoms with van der Waals surface area (Å²) in [7, 11) is -0.697. The van der Waals surface area contributed by atoms with Gasteiger partial charge in [-0.05, 0) is 58.2 Å². The van der Waals surface area contributed by atoms with Gasteiger partial charge in [-0.2, -0.15) is 0 Å². The third-order valence-corrected chi connectivity index (χ3v) is 7.10. The zero-order valence-electron chi connectivity index (χ0n) is 20.2. The second-order valence-electron chi connectivity index (χ2n) is 8.72. The zero-order valence-corrected chi connectivity index (χ0v) is 22.9. The van der Waals surface area contributed by atoms with E-state index >= 15 is 0 Å². The molecule has 184 valence electrons. The summed E-state index contributed by atoms with van der Waals surface area (Å²) in [5.74, 6) is -0.0455. The maximum Gasteiger partial charge on any atom is 0.407 e. The number of alkyl carbamates (subject to hydrolysis) is 1. The number of nitrogens with one attached hydrogen (secondary N) is 2. The molecule has 2 N–H and O–H groups in total. The molecule has 0 saturated carbocycles. The monoisotopic (exact) mass is 522 g/mol. The number of hydrogen-bond donors (Lipinski definition) is 2. The van der Waals surface area contributed by atoms with Crippen LogP contribution in [0.5, 0.6) is 0 Å². The summed E-state index contributed by atoms with van der Waals surface area (Å²) in [6, 6.07) is 1.02. The van der Waals surface area contributed by atoms with E-state index in [1.165, 1.54) is 19.3 Å². The Morgan fingerprint density at radius 3 is 2.26 bits per heavy atom. The minimum Gasteiger partial charge on any atom is -0.466 e. The zero-order chi connectivity index (χ0) is 23.2. The van der Waals surface area contributed by atoms with Crippen LogP contribution in [0.25, 0.3) is 0 Å². The Bertz CT molecular complexity index is 442. The van der Waals surface area contributed by atoms with E-state index in [9.17, 15) is 9.59 Å². The van der Waals surface area contributed by atoms with Gasteiger partial charge in [-0.1, -0.05) is 61.1 Å². The van der Waals surface area contributed by atoms with Gasteiger partial charge in [0.1, 0.15) is 0 Å². The molecule has 1 amide bonds. The minimum absolute atomic E-state index is 0.0225. The average molecular weight is 524 g/mol. The van der Waals surface area contributed by atoms with Crippen molar-refractivity contribution in [1.82, 2.24) is 10.6 Å². The van der Waals surface area contributed by atoms with Crippen molar-refractivity contribution in [1.29, 1.82) is 0 Å². The van der Waals surface area contributed by atoms with Crippen LogP contribution < -0.4 is 10.6 Å². The largest absolute Gasteiger partial charge is 0.466 e. The molecule has 0 fully saturated rings. The van der Waals surface area contributed by atoms with E-state index in [1.807, 2.05) is 6.92 Å².